The number of hydrogen-bond donors (Lipinski definition) is 4. The van der Waals surface area contributed by atoms with Gasteiger partial charge in [-0.15, -0.1) is 12.4 Å². The standard InChI is InChI=1S/C16H24FN3O2S.ClH/c17-13-5-2-1-4-12(13)11-23-9-3-7-19-16(22)20-14-6-8-18-10-15(14)21;/h1-2,4-5,14-15,18,21H,3,6-11H2,(H2,19,20,22);1H/t14-,15-;/m1./s1. The second-order valence-corrected chi connectivity index (χ2v) is 6.67. The minimum absolute atomic E-state index is 0. The zero-order valence-corrected chi connectivity index (χ0v) is 15.1. The number of piperidine rings is 1. The van der Waals surface area contributed by atoms with Gasteiger partial charge in [0.05, 0.1) is 12.1 Å². The Morgan fingerprint density at radius 2 is 2.21 bits per heavy atom. The van der Waals surface area contributed by atoms with Crippen LogP contribution in [0.4, 0.5) is 9.18 Å². The largest absolute Gasteiger partial charge is 0.390 e. The molecule has 4 N–H and O–H groups in total. The molecule has 1 aliphatic rings. The zero-order valence-electron chi connectivity index (χ0n) is 13.5. The van der Waals surface area contributed by atoms with E-state index in [0.29, 0.717) is 24.4 Å². The zero-order chi connectivity index (χ0) is 16.5. The highest BCUT2D eigenvalue weighted by molar-refractivity contribution is 7.98. The summed E-state index contributed by atoms with van der Waals surface area (Å²) in [5.74, 6) is 1.32. The maximum absolute atomic E-state index is 13.4. The highest BCUT2D eigenvalue weighted by atomic mass is 35.5. The summed E-state index contributed by atoms with van der Waals surface area (Å²) >= 11 is 1.65. The van der Waals surface area contributed by atoms with Crippen molar-refractivity contribution in [1.29, 1.82) is 0 Å². The van der Waals surface area contributed by atoms with Crippen LogP contribution in [0.3, 0.4) is 0 Å². The smallest absolute Gasteiger partial charge is 0.315 e. The minimum Gasteiger partial charge on any atom is -0.390 e. The van der Waals surface area contributed by atoms with Crippen molar-refractivity contribution in [2.75, 3.05) is 25.4 Å². The molecule has 2 atom stereocenters. The molecule has 1 heterocycles. The van der Waals surface area contributed by atoms with E-state index in [0.717, 1.165) is 25.1 Å². The summed E-state index contributed by atoms with van der Waals surface area (Å²) < 4.78 is 13.4. The fourth-order valence-electron chi connectivity index (χ4n) is 2.40. The molecular weight excluding hydrogens is 353 g/mol. The van der Waals surface area contributed by atoms with Gasteiger partial charge in [0.15, 0.2) is 0 Å². The van der Waals surface area contributed by atoms with Crippen molar-refractivity contribution in [2.45, 2.75) is 30.7 Å². The molecule has 2 amide bonds. The van der Waals surface area contributed by atoms with Gasteiger partial charge in [0.2, 0.25) is 0 Å². The average Bonchev–Trinajstić information content (AvgIpc) is 2.54. The number of hydrogen-bond acceptors (Lipinski definition) is 4. The Labute approximate surface area is 152 Å². The summed E-state index contributed by atoms with van der Waals surface area (Å²) in [5.41, 5.74) is 0.711. The molecule has 1 aromatic carbocycles. The first-order chi connectivity index (χ1) is 11.2. The van der Waals surface area contributed by atoms with Gasteiger partial charge >= 0.3 is 6.03 Å². The molecule has 5 nitrogen and oxygen atoms in total. The van der Waals surface area contributed by atoms with E-state index in [1.165, 1.54) is 6.07 Å². The number of thioether (sulfide) groups is 1. The molecular formula is C16H25ClFN3O2S. The molecule has 0 unspecified atom stereocenters. The molecule has 1 saturated heterocycles. The van der Waals surface area contributed by atoms with Gasteiger partial charge in [0, 0.05) is 18.8 Å². The lowest BCUT2D eigenvalue weighted by Crippen LogP contribution is -2.54. The number of benzene rings is 1. The van der Waals surface area contributed by atoms with E-state index >= 15 is 0 Å². The van der Waals surface area contributed by atoms with Gasteiger partial charge in [-0.2, -0.15) is 11.8 Å². The molecule has 0 spiro atoms. The number of β-amino-alcohol motifs (C(OH)–C–C–N with tert-alkyl or cyclic N) is 1. The van der Waals surface area contributed by atoms with Crippen LogP contribution in [-0.2, 0) is 5.75 Å². The van der Waals surface area contributed by atoms with Gasteiger partial charge in [-0.3, -0.25) is 0 Å². The molecule has 1 fully saturated rings. The number of aliphatic hydroxyl groups is 1. The summed E-state index contributed by atoms with van der Waals surface area (Å²) in [6.07, 6.45) is 1.01. The quantitative estimate of drug-likeness (QED) is 0.547. The fraction of sp³-hybridized carbons (Fsp3) is 0.562. The van der Waals surface area contributed by atoms with Crippen LogP contribution < -0.4 is 16.0 Å². The number of rotatable bonds is 7. The number of amides is 2. The number of nitrogens with one attached hydrogen (secondary N) is 3. The Balaban J connectivity index is 0.00000288. The number of halogens is 2. The van der Waals surface area contributed by atoms with Crippen LogP contribution in [0.25, 0.3) is 0 Å². The van der Waals surface area contributed by atoms with Gasteiger partial charge in [0.1, 0.15) is 5.82 Å². The molecule has 0 aliphatic carbocycles. The summed E-state index contributed by atoms with van der Waals surface area (Å²) in [6.45, 7) is 1.88. The van der Waals surface area contributed by atoms with Crippen molar-refractivity contribution in [3.63, 3.8) is 0 Å². The molecule has 1 aromatic rings. The first kappa shape index (κ1) is 21.0. The second-order valence-electron chi connectivity index (χ2n) is 5.56. The van der Waals surface area contributed by atoms with Crippen LogP contribution in [0.2, 0.25) is 0 Å². The van der Waals surface area contributed by atoms with E-state index < -0.39 is 6.10 Å². The monoisotopic (exact) mass is 377 g/mol. The van der Waals surface area contributed by atoms with Crippen molar-refractivity contribution >= 4 is 30.2 Å². The number of urea groups is 1. The van der Waals surface area contributed by atoms with Crippen molar-refractivity contribution in [3.05, 3.63) is 35.6 Å². The molecule has 0 bridgehead atoms. The van der Waals surface area contributed by atoms with Crippen molar-refractivity contribution in [3.8, 4) is 0 Å². The summed E-state index contributed by atoms with van der Waals surface area (Å²) in [4.78, 5) is 11.7. The molecule has 0 saturated carbocycles. The van der Waals surface area contributed by atoms with Crippen LogP contribution in [0.15, 0.2) is 24.3 Å². The maximum Gasteiger partial charge on any atom is 0.315 e. The lowest BCUT2D eigenvalue weighted by molar-refractivity contribution is 0.106. The molecule has 8 heteroatoms. The van der Waals surface area contributed by atoms with E-state index in [9.17, 15) is 14.3 Å². The summed E-state index contributed by atoms with van der Waals surface area (Å²) in [5, 5.41) is 18.4. The van der Waals surface area contributed by atoms with Gasteiger partial charge in [0.25, 0.3) is 0 Å². The average molecular weight is 378 g/mol. The highest BCUT2D eigenvalue weighted by Crippen LogP contribution is 2.15. The van der Waals surface area contributed by atoms with Crippen LogP contribution in [0, 0.1) is 5.82 Å². The SMILES string of the molecule is Cl.O=C(NCCCSCc1ccccc1F)N[C@@H]1CCNC[C@H]1O. The lowest BCUT2D eigenvalue weighted by Gasteiger charge is -2.29. The van der Waals surface area contributed by atoms with Gasteiger partial charge < -0.3 is 21.1 Å². The number of carbonyl (C=O) groups is 1. The van der Waals surface area contributed by atoms with Gasteiger partial charge in [-0.05, 0) is 36.8 Å². The Morgan fingerprint density at radius 3 is 2.96 bits per heavy atom. The van der Waals surface area contributed by atoms with E-state index in [4.69, 9.17) is 0 Å². The van der Waals surface area contributed by atoms with Crippen molar-refractivity contribution in [2.24, 2.45) is 0 Å². The van der Waals surface area contributed by atoms with E-state index in [1.54, 1.807) is 23.9 Å². The first-order valence-electron chi connectivity index (χ1n) is 7.91. The third-order valence-electron chi connectivity index (χ3n) is 3.73. The predicted molar refractivity (Wildman–Crippen MR) is 98.2 cm³/mol. The molecule has 0 radical (unpaired) electrons. The fourth-order valence-corrected chi connectivity index (χ4v) is 3.35. The minimum atomic E-state index is -0.536. The Bertz CT molecular complexity index is 510. The van der Waals surface area contributed by atoms with E-state index in [2.05, 4.69) is 16.0 Å². The van der Waals surface area contributed by atoms with Crippen LogP contribution in [-0.4, -0.2) is 48.7 Å². The molecule has 2 rings (SSSR count). The van der Waals surface area contributed by atoms with Crippen molar-refractivity contribution in [1.82, 2.24) is 16.0 Å². The topological polar surface area (TPSA) is 73.4 Å². The normalized spacial score (nSPS) is 20.1. The maximum atomic E-state index is 13.4. The van der Waals surface area contributed by atoms with Gasteiger partial charge in [-0.1, -0.05) is 18.2 Å². The Hall–Kier alpha value is -1.02. The van der Waals surface area contributed by atoms with Crippen molar-refractivity contribution < 1.29 is 14.3 Å². The molecule has 1 aliphatic heterocycles. The highest BCUT2D eigenvalue weighted by Gasteiger charge is 2.23. The number of carbonyl (C=O) groups excluding carboxylic acids is 1. The first-order valence-corrected chi connectivity index (χ1v) is 9.06. The molecule has 0 aromatic heterocycles. The molecule has 24 heavy (non-hydrogen) atoms. The third-order valence-corrected chi connectivity index (χ3v) is 4.83. The lowest BCUT2D eigenvalue weighted by atomic mass is 10.0. The van der Waals surface area contributed by atoms with Crippen LogP contribution in [0.1, 0.15) is 18.4 Å². The number of aliphatic hydroxyl groups excluding tert-OH is 1. The second kappa shape index (κ2) is 11.5. The van der Waals surface area contributed by atoms with Crippen LogP contribution in [0.5, 0.6) is 0 Å². The Kier molecular flexibility index (Phi) is 10.1. The predicted octanol–water partition coefficient (Wildman–Crippen LogP) is 1.89. The Morgan fingerprint density at radius 1 is 1.42 bits per heavy atom. The third kappa shape index (κ3) is 7.25. The van der Waals surface area contributed by atoms with E-state index in [1.807, 2.05) is 6.07 Å². The van der Waals surface area contributed by atoms with E-state index in [-0.39, 0.29) is 30.3 Å². The molecule has 136 valence electrons. The summed E-state index contributed by atoms with van der Waals surface area (Å²) in [7, 11) is 0. The van der Waals surface area contributed by atoms with Gasteiger partial charge in [-0.25, -0.2) is 9.18 Å². The summed E-state index contributed by atoms with van der Waals surface area (Å²) in [6, 6.07) is 6.35. The van der Waals surface area contributed by atoms with Crippen LogP contribution >= 0.6 is 24.2 Å².